The summed E-state index contributed by atoms with van der Waals surface area (Å²) in [6.07, 6.45) is 5.25. The highest BCUT2D eigenvalue weighted by Crippen LogP contribution is 2.38. The molecule has 28 heavy (non-hydrogen) atoms. The van der Waals surface area contributed by atoms with Gasteiger partial charge in [0.1, 0.15) is 5.72 Å². The van der Waals surface area contributed by atoms with E-state index in [0.717, 1.165) is 25.7 Å². The second-order valence-corrected chi connectivity index (χ2v) is 14.8. The monoisotopic (exact) mass is 413 g/mol. The number of unbranched alkanes of at least 4 members (excludes halogenated alkanes) is 1. The summed E-state index contributed by atoms with van der Waals surface area (Å²) in [6.45, 7) is 22.9. The molecule has 0 aromatic carbocycles. The van der Waals surface area contributed by atoms with Crippen LogP contribution in [0.2, 0.25) is 18.1 Å². The average Bonchev–Trinajstić information content (AvgIpc) is 2.86. The number of ether oxygens (including phenoxy) is 2. The van der Waals surface area contributed by atoms with Gasteiger partial charge in [-0.05, 0) is 57.2 Å². The molecular weight excluding hydrogens is 370 g/mol. The van der Waals surface area contributed by atoms with E-state index in [2.05, 4.69) is 47.4 Å². The number of nitrogens with zero attached hydrogens (tertiary/aromatic N) is 1. The van der Waals surface area contributed by atoms with Gasteiger partial charge in [0.15, 0.2) is 8.32 Å². The fraction of sp³-hybridized carbons (Fsp3) is 0.864. The van der Waals surface area contributed by atoms with Crippen LogP contribution in [0.4, 0.5) is 4.79 Å². The van der Waals surface area contributed by atoms with Gasteiger partial charge in [-0.15, -0.1) is 6.58 Å². The maximum absolute atomic E-state index is 12.7. The second kappa shape index (κ2) is 10.3. The van der Waals surface area contributed by atoms with Gasteiger partial charge < -0.3 is 13.9 Å². The van der Waals surface area contributed by atoms with Crippen LogP contribution in [0.5, 0.6) is 0 Å². The summed E-state index contributed by atoms with van der Waals surface area (Å²) in [5, 5.41) is 0.180. The van der Waals surface area contributed by atoms with E-state index >= 15 is 0 Å². The maximum Gasteiger partial charge on any atom is 0.412 e. The van der Waals surface area contributed by atoms with E-state index in [9.17, 15) is 4.79 Å². The highest BCUT2D eigenvalue weighted by molar-refractivity contribution is 6.74. The van der Waals surface area contributed by atoms with Crippen LogP contribution >= 0.6 is 0 Å². The topological polar surface area (TPSA) is 48.0 Å². The standard InChI is InChI=1S/C22H43NO4Si/c1-10-12-14-25-20(24)23-19(17-26-22(23,6)7)15-18(13-11-2)16-27-28(8,9)21(3,4)5/h11,18-19H,2,10,12-17H2,1,3-9H3/t18-,19?/m0/s1. The number of hydrogen-bond donors (Lipinski definition) is 0. The Kier molecular flexibility index (Phi) is 9.23. The van der Waals surface area contributed by atoms with E-state index < -0.39 is 14.0 Å². The van der Waals surface area contributed by atoms with Gasteiger partial charge in [0, 0.05) is 6.61 Å². The van der Waals surface area contributed by atoms with Crippen LogP contribution < -0.4 is 0 Å². The van der Waals surface area contributed by atoms with Gasteiger partial charge in [-0.3, -0.25) is 4.90 Å². The Morgan fingerprint density at radius 1 is 1.39 bits per heavy atom. The van der Waals surface area contributed by atoms with Crippen molar-refractivity contribution < 1.29 is 18.7 Å². The molecule has 0 aromatic rings. The third kappa shape index (κ3) is 6.89. The third-order valence-electron chi connectivity index (χ3n) is 6.09. The summed E-state index contributed by atoms with van der Waals surface area (Å²) in [7, 11) is -1.81. The molecule has 1 amide bonds. The van der Waals surface area contributed by atoms with Crippen molar-refractivity contribution in [2.75, 3.05) is 19.8 Å². The molecule has 0 N–H and O–H groups in total. The van der Waals surface area contributed by atoms with E-state index in [1.807, 2.05) is 19.9 Å². The Labute approximate surface area is 173 Å². The lowest BCUT2D eigenvalue weighted by Crippen LogP contribution is -2.49. The van der Waals surface area contributed by atoms with Crippen molar-refractivity contribution in [3.05, 3.63) is 12.7 Å². The lowest BCUT2D eigenvalue weighted by atomic mass is 9.97. The van der Waals surface area contributed by atoms with Crippen LogP contribution in [0.25, 0.3) is 0 Å². The number of hydrogen-bond acceptors (Lipinski definition) is 4. The minimum Gasteiger partial charge on any atom is -0.449 e. The molecule has 1 aliphatic heterocycles. The molecule has 164 valence electrons. The molecule has 0 spiro atoms. The van der Waals surface area contributed by atoms with Crippen molar-refractivity contribution in [3.8, 4) is 0 Å². The largest absolute Gasteiger partial charge is 0.449 e. The van der Waals surface area contributed by atoms with Crippen LogP contribution in [0.3, 0.4) is 0 Å². The Morgan fingerprint density at radius 3 is 2.57 bits per heavy atom. The highest BCUT2D eigenvalue weighted by Gasteiger charge is 2.45. The summed E-state index contributed by atoms with van der Waals surface area (Å²) >= 11 is 0. The predicted octanol–water partition coefficient (Wildman–Crippen LogP) is 5.96. The normalized spacial score (nSPS) is 20.9. The zero-order valence-electron chi connectivity index (χ0n) is 19.5. The molecule has 0 radical (unpaired) electrons. The van der Waals surface area contributed by atoms with E-state index in [1.165, 1.54) is 0 Å². The van der Waals surface area contributed by atoms with Crippen LogP contribution in [-0.4, -0.2) is 50.9 Å². The van der Waals surface area contributed by atoms with Gasteiger partial charge >= 0.3 is 6.09 Å². The summed E-state index contributed by atoms with van der Waals surface area (Å²) in [4.78, 5) is 14.5. The molecule has 0 bridgehead atoms. The lowest BCUT2D eigenvalue weighted by Gasteiger charge is -2.38. The van der Waals surface area contributed by atoms with E-state index in [1.54, 1.807) is 4.90 Å². The van der Waals surface area contributed by atoms with E-state index in [-0.39, 0.29) is 17.2 Å². The van der Waals surface area contributed by atoms with Crippen molar-refractivity contribution in [1.82, 2.24) is 4.90 Å². The molecule has 0 aliphatic carbocycles. The molecule has 1 saturated heterocycles. The van der Waals surface area contributed by atoms with Gasteiger partial charge in [-0.1, -0.05) is 40.2 Å². The molecule has 5 nitrogen and oxygen atoms in total. The zero-order chi connectivity index (χ0) is 21.6. The molecular formula is C22H43NO4Si. The number of carbonyl (C=O) groups excluding carboxylic acids is 1. The van der Waals surface area contributed by atoms with Gasteiger partial charge in [0.05, 0.1) is 19.3 Å². The van der Waals surface area contributed by atoms with Crippen molar-refractivity contribution in [1.29, 1.82) is 0 Å². The van der Waals surface area contributed by atoms with Gasteiger partial charge in [0.2, 0.25) is 0 Å². The molecule has 1 fully saturated rings. The molecule has 1 heterocycles. The molecule has 0 saturated carbocycles. The first-order valence-electron chi connectivity index (χ1n) is 10.7. The lowest BCUT2D eigenvalue weighted by molar-refractivity contribution is -0.0488. The number of allylic oxidation sites excluding steroid dienone is 1. The van der Waals surface area contributed by atoms with Crippen LogP contribution in [-0.2, 0) is 13.9 Å². The van der Waals surface area contributed by atoms with Crippen molar-refractivity contribution in [2.45, 2.75) is 97.1 Å². The smallest absolute Gasteiger partial charge is 0.412 e. The fourth-order valence-corrected chi connectivity index (χ4v) is 4.28. The third-order valence-corrected chi connectivity index (χ3v) is 10.6. The first-order valence-corrected chi connectivity index (χ1v) is 13.6. The Hall–Kier alpha value is -0.853. The van der Waals surface area contributed by atoms with Crippen LogP contribution in [0.1, 0.15) is 67.2 Å². The van der Waals surface area contributed by atoms with E-state index in [0.29, 0.717) is 25.7 Å². The highest BCUT2D eigenvalue weighted by atomic mass is 28.4. The SMILES string of the molecule is C=CC[C@H](CO[Si](C)(C)C(C)(C)C)CC1COC(C)(C)N1C(=O)OCCCC. The zero-order valence-corrected chi connectivity index (χ0v) is 20.5. The average molecular weight is 414 g/mol. The van der Waals surface area contributed by atoms with Gasteiger partial charge in [-0.2, -0.15) is 0 Å². The summed E-state index contributed by atoms with van der Waals surface area (Å²) in [5.74, 6) is 0.306. The summed E-state index contributed by atoms with van der Waals surface area (Å²) < 4.78 is 17.9. The number of amides is 1. The van der Waals surface area contributed by atoms with Gasteiger partial charge in [-0.25, -0.2) is 4.79 Å². The van der Waals surface area contributed by atoms with Crippen LogP contribution in [0.15, 0.2) is 12.7 Å². The van der Waals surface area contributed by atoms with E-state index in [4.69, 9.17) is 13.9 Å². The first-order chi connectivity index (χ1) is 12.9. The molecule has 2 atom stereocenters. The molecule has 6 heteroatoms. The Bertz CT molecular complexity index is 513. The molecule has 1 aliphatic rings. The quantitative estimate of drug-likeness (QED) is 0.252. The summed E-state index contributed by atoms with van der Waals surface area (Å²) in [5.41, 5.74) is -0.646. The van der Waals surface area contributed by atoms with Crippen molar-refractivity contribution in [2.24, 2.45) is 5.92 Å². The van der Waals surface area contributed by atoms with Crippen molar-refractivity contribution >= 4 is 14.4 Å². The van der Waals surface area contributed by atoms with Crippen molar-refractivity contribution in [3.63, 3.8) is 0 Å². The minimum atomic E-state index is -1.81. The molecule has 1 unspecified atom stereocenters. The first kappa shape index (κ1) is 25.2. The Balaban J connectivity index is 2.80. The number of carbonyl (C=O) groups is 1. The molecule has 1 rings (SSSR count). The minimum absolute atomic E-state index is 0.00269. The van der Waals surface area contributed by atoms with Gasteiger partial charge in [0.25, 0.3) is 0 Å². The number of rotatable bonds is 10. The van der Waals surface area contributed by atoms with Crippen LogP contribution in [0, 0.1) is 5.92 Å². The molecule has 0 aromatic heterocycles. The fourth-order valence-electron chi connectivity index (χ4n) is 3.20. The predicted molar refractivity (Wildman–Crippen MR) is 118 cm³/mol. The second-order valence-electron chi connectivity index (χ2n) is 9.95. The maximum atomic E-state index is 12.7. The Morgan fingerprint density at radius 2 is 2.04 bits per heavy atom. The summed E-state index contributed by atoms with van der Waals surface area (Å²) in [6, 6.07) is -0.00269.